The molecule has 2 fully saturated rings. The number of anilines is 1. The number of sulfonamides is 1. The van der Waals surface area contributed by atoms with Crippen LogP contribution in [0.25, 0.3) is 0 Å². The molecule has 0 radical (unpaired) electrons. The minimum Gasteiger partial charge on any atom is -0.324 e. The van der Waals surface area contributed by atoms with Gasteiger partial charge in [0.05, 0.1) is 4.90 Å². The molecule has 186 valence electrons. The second-order valence-electron chi connectivity index (χ2n) is 9.25. The van der Waals surface area contributed by atoms with Crippen LogP contribution in [0.5, 0.6) is 0 Å². The number of nitrogens with one attached hydrogen (secondary N) is 2. The van der Waals surface area contributed by atoms with E-state index in [0.29, 0.717) is 29.9 Å². The Bertz CT molecular complexity index is 1290. The Morgan fingerprint density at radius 2 is 1.71 bits per heavy atom. The van der Waals surface area contributed by atoms with Crippen molar-refractivity contribution in [2.75, 3.05) is 25.0 Å². The summed E-state index contributed by atoms with van der Waals surface area (Å²) in [5.74, 6) is -1.12. The minimum absolute atomic E-state index is 0.0995. The van der Waals surface area contributed by atoms with Crippen molar-refractivity contribution in [1.29, 1.82) is 0 Å². The first-order valence-electron chi connectivity index (χ1n) is 11.6. The largest absolute Gasteiger partial charge is 0.325 e. The van der Waals surface area contributed by atoms with Gasteiger partial charge in [-0.15, -0.1) is 0 Å². The molecule has 1 atom stereocenters. The van der Waals surface area contributed by atoms with E-state index in [0.717, 1.165) is 29.7 Å². The number of amides is 4. The topological polar surface area (TPSA) is 116 Å². The molecule has 0 spiro atoms. The summed E-state index contributed by atoms with van der Waals surface area (Å²) in [6.45, 7) is 5.67. The van der Waals surface area contributed by atoms with Crippen LogP contribution in [-0.2, 0) is 25.2 Å². The molecule has 0 aromatic heterocycles. The van der Waals surface area contributed by atoms with E-state index in [4.69, 9.17) is 0 Å². The van der Waals surface area contributed by atoms with Crippen LogP contribution < -0.4 is 10.6 Å². The lowest BCUT2D eigenvalue weighted by atomic mass is 9.88. The molecule has 4 rings (SSSR count). The Balaban J connectivity index is 1.51. The van der Waals surface area contributed by atoms with Crippen LogP contribution in [-0.4, -0.2) is 55.1 Å². The van der Waals surface area contributed by atoms with Crippen LogP contribution in [0.4, 0.5) is 10.5 Å². The van der Waals surface area contributed by atoms with Crippen molar-refractivity contribution in [2.45, 2.75) is 50.5 Å². The smallest absolute Gasteiger partial charge is 0.324 e. The van der Waals surface area contributed by atoms with E-state index in [-0.39, 0.29) is 4.90 Å². The van der Waals surface area contributed by atoms with E-state index in [1.807, 2.05) is 19.1 Å². The predicted molar refractivity (Wildman–Crippen MR) is 131 cm³/mol. The lowest BCUT2D eigenvalue weighted by Crippen LogP contribution is -2.42. The molecule has 1 unspecified atom stereocenters. The molecule has 2 heterocycles. The fourth-order valence-electron chi connectivity index (χ4n) is 4.64. The van der Waals surface area contributed by atoms with Crippen LogP contribution in [0.1, 0.15) is 42.9 Å². The number of urea groups is 1. The Morgan fingerprint density at radius 1 is 1.03 bits per heavy atom. The van der Waals surface area contributed by atoms with E-state index in [9.17, 15) is 22.8 Å². The molecular formula is C25H30N4O5S. The summed E-state index contributed by atoms with van der Waals surface area (Å²) < 4.78 is 27.5. The molecule has 0 aliphatic carbocycles. The van der Waals surface area contributed by atoms with Crippen LogP contribution in [0.15, 0.2) is 47.4 Å². The van der Waals surface area contributed by atoms with E-state index >= 15 is 0 Å². The predicted octanol–water partition coefficient (Wildman–Crippen LogP) is 2.88. The van der Waals surface area contributed by atoms with Gasteiger partial charge in [-0.05, 0) is 62.4 Å². The highest BCUT2D eigenvalue weighted by Gasteiger charge is 2.50. The zero-order chi connectivity index (χ0) is 25.4. The number of benzene rings is 2. The zero-order valence-electron chi connectivity index (χ0n) is 20.1. The number of hydrogen-bond acceptors (Lipinski definition) is 5. The minimum atomic E-state index is -3.67. The van der Waals surface area contributed by atoms with Gasteiger partial charge in [0.2, 0.25) is 15.9 Å². The highest BCUT2D eigenvalue weighted by Crippen LogP contribution is 2.31. The highest BCUT2D eigenvalue weighted by molar-refractivity contribution is 7.89. The van der Waals surface area contributed by atoms with Crippen LogP contribution >= 0.6 is 0 Å². The molecule has 2 aromatic rings. The van der Waals surface area contributed by atoms with E-state index in [1.54, 1.807) is 32.0 Å². The lowest BCUT2D eigenvalue weighted by Gasteiger charge is -2.26. The van der Waals surface area contributed by atoms with Gasteiger partial charge >= 0.3 is 6.03 Å². The van der Waals surface area contributed by atoms with Gasteiger partial charge in [-0.2, -0.15) is 4.31 Å². The van der Waals surface area contributed by atoms with Gasteiger partial charge < -0.3 is 10.6 Å². The maximum absolute atomic E-state index is 13.2. The first kappa shape index (κ1) is 24.9. The summed E-state index contributed by atoms with van der Waals surface area (Å²) in [7, 11) is -3.67. The number of rotatable bonds is 6. The maximum Gasteiger partial charge on any atom is 0.325 e. The molecule has 2 aromatic carbocycles. The first-order valence-corrected chi connectivity index (χ1v) is 13.1. The van der Waals surface area contributed by atoms with Gasteiger partial charge in [-0.1, -0.05) is 36.8 Å². The van der Waals surface area contributed by atoms with Gasteiger partial charge in [0, 0.05) is 18.8 Å². The monoisotopic (exact) mass is 498 g/mol. The number of imide groups is 1. The second-order valence-corrected chi connectivity index (χ2v) is 11.2. The average molecular weight is 499 g/mol. The van der Waals surface area contributed by atoms with Gasteiger partial charge in [0.25, 0.3) is 5.91 Å². The molecule has 2 N–H and O–H groups in total. The fraction of sp³-hybridized carbons (Fsp3) is 0.400. The summed E-state index contributed by atoms with van der Waals surface area (Å²) in [4.78, 5) is 39.6. The third-order valence-corrected chi connectivity index (χ3v) is 8.59. The molecule has 4 amide bonds. The molecule has 0 bridgehead atoms. The quantitative estimate of drug-likeness (QED) is 0.594. The van der Waals surface area contributed by atoms with Gasteiger partial charge in [-0.25, -0.2) is 13.2 Å². The molecule has 10 heteroatoms. The number of carbonyl (C=O) groups is 3. The number of hydrogen-bond donors (Lipinski definition) is 2. The number of aryl methyl sites for hydroxylation is 2. The molecule has 2 saturated heterocycles. The Labute approximate surface area is 205 Å². The molecule has 2 aliphatic rings. The Kier molecular flexibility index (Phi) is 6.70. The molecule has 2 aliphatic heterocycles. The SMILES string of the molecule is Cc1ccc(S(=O)(=O)N2CCCCC2)cc1NC(=O)CN1C(=O)NC(C)(c2ccccc2C)C1=O. The molecule has 9 nitrogen and oxygen atoms in total. The van der Waals surface area contributed by atoms with Crippen LogP contribution in [0, 0.1) is 13.8 Å². The van der Waals surface area contributed by atoms with E-state index < -0.39 is 40.0 Å². The van der Waals surface area contributed by atoms with E-state index in [1.165, 1.54) is 16.4 Å². The molecule has 0 saturated carbocycles. The lowest BCUT2D eigenvalue weighted by molar-refractivity contribution is -0.133. The van der Waals surface area contributed by atoms with Crippen molar-refractivity contribution >= 4 is 33.6 Å². The highest BCUT2D eigenvalue weighted by atomic mass is 32.2. The third kappa shape index (κ3) is 4.68. The maximum atomic E-state index is 13.2. The van der Waals surface area contributed by atoms with Crippen molar-refractivity contribution in [1.82, 2.24) is 14.5 Å². The van der Waals surface area contributed by atoms with Crippen molar-refractivity contribution < 1.29 is 22.8 Å². The van der Waals surface area contributed by atoms with Crippen molar-refractivity contribution in [3.63, 3.8) is 0 Å². The van der Waals surface area contributed by atoms with Crippen molar-refractivity contribution in [3.05, 3.63) is 59.2 Å². The summed E-state index contributed by atoms with van der Waals surface area (Å²) in [5, 5.41) is 5.38. The van der Waals surface area contributed by atoms with Gasteiger partial charge in [-0.3, -0.25) is 14.5 Å². The van der Waals surface area contributed by atoms with Gasteiger partial charge in [0.1, 0.15) is 12.1 Å². The summed E-state index contributed by atoms with van der Waals surface area (Å²) in [6, 6.07) is 11.2. The summed E-state index contributed by atoms with van der Waals surface area (Å²) >= 11 is 0. The van der Waals surface area contributed by atoms with E-state index in [2.05, 4.69) is 10.6 Å². The number of carbonyl (C=O) groups excluding carboxylic acids is 3. The Morgan fingerprint density at radius 3 is 2.40 bits per heavy atom. The van der Waals surface area contributed by atoms with Crippen molar-refractivity contribution in [2.24, 2.45) is 0 Å². The number of piperidine rings is 1. The zero-order valence-corrected chi connectivity index (χ0v) is 20.9. The van der Waals surface area contributed by atoms with Crippen LogP contribution in [0.2, 0.25) is 0 Å². The number of nitrogens with zero attached hydrogens (tertiary/aromatic N) is 2. The molecule has 35 heavy (non-hydrogen) atoms. The van der Waals surface area contributed by atoms with Crippen LogP contribution in [0.3, 0.4) is 0 Å². The van der Waals surface area contributed by atoms with Crippen molar-refractivity contribution in [3.8, 4) is 0 Å². The Hall–Kier alpha value is -3.24. The third-order valence-electron chi connectivity index (χ3n) is 6.70. The summed E-state index contributed by atoms with van der Waals surface area (Å²) in [5.41, 5.74) is 1.21. The summed E-state index contributed by atoms with van der Waals surface area (Å²) in [6.07, 6.45) is 2.65. The average Bonchev–Trinajstić information content (AvgIpc) is 3.04. The second kappa shape index (κ2) is 9.43. The first-order chi connectivity index (χ1) is 16.5. The standard InChI is InChI=1S/C25H30N4O5S/c1-17-9-5-6-10-20(17)25(3)23(31)29(24(32)27-25)16-22(30)26-21-15-19(12-11-18(21)2)35(33,34)28-13-7-4-8-14-28/h5-6,9-12,15H,4,7-8,13-14,16H2,1-3H3,(H,26,30)(H,27,32). The fourth-order valence-corrected chi connectivity index (χ4v) is 6.18. The normalized spacial score (nSPS) is 21.2. The molecular weight excluding hydrogens is 468 g/mol. The van der Waals surface area contributed by atoms with Gasteiger partial charge in [0.15, 0.2) is 0 Å².